The molecule has 0 saturated heterocycles. The predicted octanol–water partition coefficient (Wildman–Crippen LogP) is 2.55. The van der Waals surface area contributed by atoms with Gasteiger partial charge in [0.1, 0.15) is 5.82 Å². The lowest BCUT2D eigenvalue weighted by Crippen LogP contribution is -2.11. The van der Waals surface area contributed by atoms with Crippen LogP contribution < -0.4 is 5.32 Å². The molecule has 2 rings (SSSR count). The van der Waals surface area contributed by atoms with E-state index >= 15 is 0 Å². The van der Waals surface area contributed by atoms with Crippen LogP contribution in [0.5, 0.6) is 0 Å². The van der Waals surface area contributed by atoms with Gasteiger partial charge in [-0.3, -0.25) is 0 Å². The van der Waals surface area contributed by atoms with E-state index in [2.05, 4.69) is 25.5 Å². The first kappa shape index (κ1) is 13.5. The minimum atomic E-state index is -4.57. The summed E-state index contributed by atoms with van der Waals surface area (Å²) in [5.74, 6) is -0.0296. The molecule has 0 amide bonds. The van der Waals surface area contributed by atoms with Gasteiger partial charge in [-0.1, -0.05) is 0 Å². The third kappa shape index (κ3) is 3.75. The number of anilines is 1. The standard InChI is InChI=1S/C10H7ClF3N5/c11-9-17-7(10(12,13)14)4-8(18-9)15-5-6-2-1-3-16-19-6/h1-4H,5H2,(H,15,17,18). The highest BCUT2D eigenvalue weighted by Gasteiger charge is 2.33. The maximum absolute atomic E-state index is 12.5. The van der Waals surface area contributed by atoms with E-state index in [0.717, 1.165) is 6.07 Å². The molecule has 0 unspecified atom stereocenters. The van der Waals surface area contributed by atoms with Gasteiger partial charge in [0, 0.05) is 12.3 Å². The fourth-order valence-electron chi connectivity index (χ4n) is 1.26. The van der Waals surface area contributed by atoms with Crippen molar-refractivity contribution in [1.82, 2.24) is 20.2 Å². The Morgan fingerprint density at radius 1 is 1.26 bits per heavy atom. The Hall–Kier alpha value is -1.96. The van der Waals surface area contributed by atoms with Crippen LogP contribution in [0, 0.1) is 0 Å². The molecule has 0 spiro atoms. The van der Waals surface area contributed by atoms with Crippen LogP contribution in [0.15, 0.2) is 24.4 Å². The maximum Gasteiger partial charge on any atom is 0.433 e. The number of aromatic nitrogens is 4. The summed E-state index contributed by atoms with van der Waals surface area (Å²) in [5, 5.41) is 9.62. The van der Waals surface area contributed by atoms with E-state index < -0.39 is 17.2 Å². The monoisotopic (exact) mass is 289 g/mol. The van der Waals surface area contributed by atoms with Gasteiger partial charge in [0.2, 0.25) is 5.28 Å². The van der Waals surface area contributed by atoms with Gasteiger partial charge >= 0.3 is 6.18 Å². The number of alkyl halides is 3. The number of nitrogens with zero attached hydrogens (tertiary/aromatic N) is 4. The first-order chi connectivity index (χ1) is 8.95. The van der Waals surface area contributed by atoms with E-state index in [1.165, 1.54) is 6.20 Å². The summed E-state index contributed by atoms with van der Waals surface area (Å²) in [5.41, 5.74) is -0.542. The molecule has 0 radical (unpaired) electrons. The second kappa shape index (κ2) is 5.35. The van der Waals surface area contributed by atoms with Gasteiger partial charge < -0.3 is 5.32 Å². The smallest absolute Gasteiger partial charge is 0.364 e. The van der Waals surface area contributed by atoms with Gasteiger partial charge in [-0.2, -0.15) is 23.4 Å². The van der Waals surface area contributed by atoms with Crippen LogP contribution in [0.25, 0.3) is 0 Å². The Morgan fingerprint density at radius 3 is 2.68 bits per heavy atom. The minimum absolute atomic E-state index is 0.0296. The zero-order valence-corrected chi connectivity index (χ0v) is 10.1. The lowest BCUT2D eigenvalue weighted by atomic mass is 10.3. The molecule has 0 bridgehead atoms. The van der Waals surface area contributed by atoms with E-state index in [9.17, 15) is 13.2 Å². The summed E-state index contributed by atoms with van der Waals surface area (Å²) in [6.07, 6.45) is -3.08. The molecule has 2 aromatic heterocycles. The predicted molar refractivity (Wildman–Crippen MR) is 61.4 cm³/mol. The first-order valence-electron chi connectivity index (χ1n) is 5.07. The molecule has 100 valence electrons. The fraction of sp³-hybridized carbons (Fsp3) is 0.200. The fourth-order valence-corrected chi connectivity index (χ4v) is 1.44. The summed E-state index contributed by atoms with van der Waals surface area (Å²) < 4.78 is 37.5. The molecule has 0 aliphatic heterocycles. The Labute approximate surface area is 110 Å². The molecule has 0 aromatic carbocycles. The second-order valence-corrected chi connectivity index (χ2v) is 3.81. The largest absolute Gasteiger partial charge is 0.433 e. The van der Waals surface area contributed by atoms with Crippen molar-refractivity contribution >= 4 is 17.4 Å². The van der Waals surface area contributed by atoms with Gasteiger partial charge in [0.25, 0.3) is 0 Å². The van der Waals surface area contributed by atoms with Crippen molar-refractivity contribution in [2.24, 2.45) is 0 Å². The van der Waals surface area contributed by atoms with Crippen LogP contribution in [0.3, 0.4) is 0 Å². The number of rotatable bonds is 3. The molecule has 19 heavy (non-hydrogen) atoms. The van der Waals surface area contributed by atoms with Crippen molar-refractivity contribution in [3.8, 4) is 0 Å². The van der Waals surface area contributed by atoms with Crippen molar-refractivity contribution in [1.29, 1.82) is 0 Å². The number of hydrogen-bond acceptors (Lipinski definition) is 5. The lowest BCUT2D eigenvalue weighted by molar-refractivity contribution is -0.141. The third-order valence-corrected chi connectivity index (χ3v) is 2.24. The molecule has 0 saturated carbocycles. The molecule has 0 aliphatic rings. The molecule has 1 N–H and O–H groups in total. The SMILES string of the molecule is FC(F)(F)c1cc(NCc2cccnn2)nc(Cl)n1. The highest BCUT2D eigenvalue weighted by molar-refractivity contribution is 6.28. The molecular weight excluding hydrogens is 283 g/mol. The summed E-state index contributed by atoms with van der Waals surface area (Å²) >= 11 is 5.45. The maximum atomic E-state index is 12.5. The van der Waals surface area contributed by atoms with Gasteiger partial charge in [-0.25, -0.2) is 9.97 Å². The summed E-state index contributed by atoms with van der Waals surface area (Å²) in [4.78, 5) is 6.78. The molecule has 0 fully saturated rings. The Kier molecular flexibility index (Phi) is 3.79. The number of nitrogens with one attached hydrogen (secondary N) is 1. The van der Waals surface area contributed by atoms with Crippen molar-refractivity contribution in [2.75, 3.05) is 5.32 Å². The first-order valence-corrected chi connectivity index (χ1v) is 5.45. The van der Waals surface area contributed by atoms with Crippen LogP contribution >= 0.6 is 11.6 Å². The Bertz CT molecular complexity index is 561. The lowest BCUT2D eigenvalue weighted by Gasteiger charge is -2.09. The van der Waals surface area contributed by atoms with Crippen molar-refractivity contribution in [3.05, 3.63) is 41.1 Å². The Balaban J connectivity index is 2.15. The molecule has 2 aromatic rings. The highest BCUT2D eigenvalue weighted by Crippen LogP contribution is 2.29. The van der Waals surface area contributed by atoms with Crippen LogP contribution in [-0.4, -0.2) is 20.2 Å². The van der Waals surface area contributed by atoms with Gasteiger partial charge in [0.15, 0.2) is 5.69 Å². The number of halogens is 4. The Morgan fingerprint density at radius 2 is 2.05 bits per heavy atom. The van der Waals surface area contributed by atoms with Gasteiger partial charge in [0.05, 0.1) is 12.2 Å². The zero-order valence-electron chi connectivity index (χ0n) is 9.32. The van der Waals surface area contributed by atoms with E-state index in [-0.39, 0.29) is 12.4 Å². The average molecular weight is 290 g/mol. The number of hydrogen-bond donors (Lipinski definition) is 1. The molecule has 5 nitrogen and oxygen atoms in total. The van der Waals surface area contributed by atoms with Gasteiger partial charge in [-0.05, 0) is 23.7 Å². The van der Waals surface area contributed by atoms with Crippen molar-refractivity contribution in [2.45, 2.75) is 12.7 Å². The van der Waals surface area contributed by atoms with Crippen molar-refractivity contribution in [3.63, 3.8) is 0 Å². The van der Waals surface area contributed by atoms with Crippen LogP contribution in [0.1, 0.15) is 11.4 Å². The molecular formula is C10H7ClF3N5. The van der Waals surface area contributed by atoms with Crippen LogP contribution in [0.4, 0.5) is 19.0 Å². The molecule has 9 heteroatoms. The summed E-state index contributed by atoms with van der Waals surface area (Å²) in [6.45, 7) is 0.179. The average Bonchev–Trinajstić information content (AvgIpc) is 2.36. The summed E-state index contributed by atoms with van der Waals surface area (Å²) in [6, 6.07) is 4.12. The van der Waals surface area contributed by atoms with Crippen molar-refractivity contribution < 1.29 is 13.2 Å². The summed E-state index contributed by atoms with van der Waals surface area (Å²) in [7, 11) is 0. The molecule has 2 heterocycles. The topological polar surface area (TPSA) is 63.6 Å². The second-order valence-electron chi connectivity index (χ2n) is 3.47. The van der Waals surface area contributed by atoms with Crippen LogP contribution in [-0.2, 0) is 12.7 Å². The van der Waals surface area contributed by atoms with E-state index in [1.807, 2.05) is 0 Å². The quantitative estimate of drug-likeness (QED) is 0.880. The minimum Gasteiger partial charge on any atom is -0.364 e. The molecule has 0 aliphatic carbocycles. The van der Waals surface area contributed by atoms with E-state index in [1.54, 1.807) is 12.1 Å². The van der Waals surface area contributed by atoms with Gasteiger partial charge in [-0.15, -0.1) is 0 Å². The van der Waals surface area contributed by atoms with Crippen LogP contribution in [0.2, 0.25) is 5.28 Å². The molecule has 0 atom stereocenters. The third-order valence-electron chi connectivity index (χ3n) is 2.07. The van der Waals surface area contributed by atoms with E-state index in [0.29, 0.717) is 5.69 Å². The normalized spacial score (nSPS) is 11.4. The zero-order chi connectivity index (χ0) is 13.9. The van der Waals surface area contributed by atoms with E-state index in [4.69, 9.17) is 11.6 Å². The highest BCUT2D eigenvalue weighted by atomic mass is 35.5.